The second kappa shape index (κ2) is 18.1. The van der Waals surface area contributed by atoms with Gasteiger partial charge in [0.15, 0.2) is 0 Å². The van der Waals surface area contributed by atoms with Gasteiger partial charge < -0.3 is 16.0 Å². The Morgan fingerprint density at radius 2 is 1.47 bits per heavy atom. The van der Waals surface area contributed by atoms with Gasteiger partial charge in [0.2, 0.25) is 5.91 Å². The molecule has 0 fully saturated rings. The van der Waals surface area contributed by atoms with Crippen molar-refractivity contribution in [2.75, 3.05) is 12.0 Å². The quantitative estimate of drug-likeness (QED) is 0.134. The number of allylic oxidation sites excluding steroid dienone is 2. The molecule has 222 valence electrons. The molecule has 0 aromatic heterocycles. The zero-order chi connectivity index (χ0) is 29.6. The monoisotopic (exact) mass is 549 g/mol. The smallest absolute Gasteiger partial charge is 0.243 e. The van der Waals surface area contributed by atoms with Crippen molar-refractivity contribution < 1.29 is 4.79 Å². The number of hydrogen-bond donors (Lipinski definition) is 3. The first-order valence-electron chi connectivity index (χ1n) is 14.8. The van der Waals surface area contributed by atoms with Crippen LogP contribution in [0.3, 0.4) is 0 Å². The van der Waals surface area contributed by atoms with Crippen LogP contribution in [0.5, 0.6) is 0 Å². The van der Waals surface area contributed by atoms with Crippen LogP contribution in [0.2, 0.25) is 0 Å². The normalized spacial score (nSPS) is 15.9. The summed E-state index contributed by atoms with van der Waals surface area (Å²) in [5.74, 6) is 2.90. The molecule has 5 heteroatoms. The fourth-order valence-electron chi connectivity index (χ4n) is 4.81. The topological polar surface area (TPSA) is 53.2 Å². The summed E-state index contributed by atoms with van der Waals surface area (Å²) in [7, 11) is 0. The Morgan fingerprint density at radius 1 is 0.868 bits per heavy atom. The highest BCUT2D eigenvalue weighted by atomic mass is 32.2. The molecule has 3 N–H and O–H groups in total. The number of carbonyl (C=O) groups excluding carboxylic acids is 1. The van der Waals surface area contributed by atoms with Crippen molar-refractivity contribution in [3.63, 3.8) is 0 Å². The molecule has 0 saturated carbocycles. The van der Waals surface area contributed by atoms with Gasteiger partial charge in [0.05, 0.1) is 6.04 Å². The lowest BCUT2D eigenvalue weighted by Gasteiger charge is -2.32. The molecule has 3 unspecified atom stereocenters. The maximum atomic E-state index is 13.5. The maximum absolute atomic E-state index is 13.5. The van der Waals surface area contributed by atoms with E-state index in [0.717, 1.165) is 49.3 Å². The summed E-state index contributed by atoms with van der Waals surface area (Å²) in [6, 6.07) is -0.0913. The molecule has 4 nitrogen and oxygen atoms in total. The zero-order valence-corrected chi connectivity index (χ0v) is 27.7. The first kappa shape index (κ1) is 36.6. The second-order valence-electron chi connectivity index (χ2n) is 13.7. The van der Waals surface area contributed by atoms with Crippen LogP contribution in [0.15, 0.2) is 36.7 Å². The van der Waals surface area contributed by atoms with Crippen molar-refractivity contribution in [1.82, 2.24) is 16.0 Å². The molecule has 0 rings (SSSR count). The Balaban J connectivity index is 5.55. The lowest BCUT2D eigenvalue weighted by molar-refractivity contribution is -0.124. The summed E-state index contributed by atoms with van der Waals surface area (Å²) in [6.07, 6.45) is 8.31. The van der Waals surface area contributed by atoms with E-state index in [1.807, 2.05) is 0 Å². The lowest BCUT2D eigenvalue weighted by Crippen LogP contribution is -2.52. The molecule has 0 heterocycles. The minimum atomic E-state index is -0.324. The molecule has 0 bridgehead atoms. The van der Waals surface area contributed by atoms with Gasteiger partial charge in [-0.25, -0.2) is 0 Å². The molecule has 0 aliphatic rings. The SMILES string of the molecule is C=C(CC(C)(C)C)N[C@H](C(=O)NC(CCSC)C(=C)N[C@@H](CCC(C)C)CC(C)CC(C)C(=C)C)C(C)C. The summed E-state index contributed by atoms with van der Waals surface area (Å²) in [4.78, 5) is 13.5. The molecule has 1 amide bonds. The molecule has 5 atom stereocenters. The Labute approximate surface area is 241 Å². The molecule has 0 aromatic rings. The molecular weight excluding hydrogens is 486 g/mol. The van der Waals surface area contributed by atoms with E-state index >= 15 is 0 Å². The molecule has 0 saturated heterocycles. The first-order chi connectivity index (χ1) is 17.5. The van der Waals surface area contributed by atoms with Crippen LogP contribution >= 0.6 is 11.8 Å². The van der Waals surface area contributed by atoms with Crippen LogP contribution < -0.4 is 16.0 Å². The largest absolute Gasteiger partial charge is 0.384 e. The predicted molar refractivity (Wildman–Crippen MR) is 172 cm³/mol. The van der Waals surface area contributed by atoms with Crippen LogP contribution in [0, 0.1) is 29.1 Å². The Morgan fingerprint density at radius 3 is 1.95 bits per heavy atom. The van der Waals surface area contributed by atoms with Gasteiger partial charge in [-0.3, -0.25) is 4.79 Å². The third kappa shape index (κ3) is 16.6. The third-order valence-electron chi connectivity index (χ3n) is 7.17. The summed E-state index contributed by atoms with van der Waals surface area (Å²) < 4.78 is 0. The number of amides is 1. The number of nitrogens with one attached hydrogen (secondary N) is 3. The van der Waals surface area contributed by atoms with Crippen LogP contribution in [0.4, 0.5) is 0 Å². The van der Waals surface area contributed by atoms with E-state index in [9.17, 15) is 4.79 Å². The maximum Gasteiger partial charge on any atom is 0.243 e. The van der Waals surface area contributed by atoms with Gasteiger partial charge >= 0.3 is 0 Å². The van der Waals surface area contributed by atoms with Crippen molar-refractivity contribution in [1.29, 1.82) is 0 Å². The van der Waals surface area contributed by atoms with Crippen molar-refractivity contribution in [3.05, 3.63) is 36.7 Å². The van der Waals surface area contributed by atoms with Gasteiger partial charge in [0.1, 0.15) is 6.04 Å². The van der Waals surface area contributed by atoms with E-state index in [2.05, 4.69) is 111 Å². The average Bonchev–Trinajstić information content (AvgIpc) is 2.76. The number of thioether (sulfide) groups is 1. The van der Waals surface area contributed by atoms with Gasteiger partial charge in [-0.15, -0.1) is 0 Å². The third-order valence-corrected chi connectivity index (χ3v) is 7.81. The van der Waals surface area contributed by atoms with Crippen LogP contribution in [0.1, 0.15) is 108 Å². The molecular formula is C33H63N3OS. The number of carbonyl (C=O) groups is 1. The van der Waals surface area contributed by atoms with Crippen LogP contribution in [-0.2, 0) is 4.79 Å². The van der Waals surface area contributed by atoms with Gasteiger partial charge in [-0.1, -0.05) is 87.6 Å². The Kier molecular flexibility index (Phi) is 17.4. The minimum absolute atomic E-state index is 0.0199. The Bertz CT molecular complexity index is 737. The average molecular weight is 550 g/mol. The van der Waals surface area contributed by atoms with Crippen molar-refractivity contribution in [2.24, 2.45) is 29.1 Å². The van der Waals surface area contributed by atoms with Crippen LogP contribution in [-0.4, -0.2) is 36.0 Å². The van der Waals surface area contributed by atoms with Gasteiger partial charge in [0, 0.05) is 17.4 Å². The lowest BCUT2D eigenvalue weighted by atomic mass is 9.87. The highest BCUT2D eigenvalue weighted by molar-refractivity contribution is 7.98. The van der Waals surface area contributed by atoms with Gasteiger partial charge in [0.25, 0.3) is 0 Å². The van der Waals surface area contributed by atoms with Crippen molar-refractivity contribution >= 4 is 17.7 Å². The molecule has 0 aromatic carbocycles. The van der Waals surface area contributed by atoms with E-state index in [0.29, 0.717) is 23.8 Å². The fraction of sp³-hybridized carbons (Fsp3) is 0.788. The van der Waals surface area contributed by atoms with Gasteiger partial charge in [-0.05, 0) is 86.5 Å². The van der Waals surface area contributed by atoms with E-state index in [-0.39, 0.29) is 29.3 Å². The molecule has 0 aliphatic heterocycles. The van der Waals surface area contributed by atoms with E-state index in [1.54, 1.807) is 11.8 Å². The summed E-state index contributed by atoms with van der Waals surface area (Å²) in [5.41, 5.74) is 3.21. The summed E-state index contributed by atoms with van der Waals surface area (Å²) in [6.45, 7) is 34.9. The Hall–Kier alpha value is -1.36. The highest BCUT2D eigenvalue weighted by Gasteiger charge is 2.27. The fourth-order valence-corrected chi connectivity index (χ4v) is 5.28. The van der Waals surface area contributed by atoms with Crippen molar-refractivity contribution in [3.8, 4) is 0 Å². The van der Waals surface area contributed by atoms with Crippen LogP contribution in [0.25, 0.3) is 0 Å². The second-order valence-corrected chi connectivity index (χ2v) is 14.7. The minimum Gasteiger partial charge on any atom is -0.384 e. The molecule has 0 radical (unpaired) electrons. The number of rotatable bonds is 20. The predicted octanol–water partition coefficient (Wildman–Crippen LogP) is 8.33. The van der Waals surface area contributed by atoms with Gasteiger partial charge in [-0.2, -0.15) is 11.8 Å². The highest BCUT2D eigenvalue weighted by Crippen LogP contribution is 2.25. The van der Waals surface area contributed by atoms with Crippen molar-refractivity contribution in [2.45, 2.75) is 126 Å². The zero-order valence-electron chi connectivity index (χ0n) is 26.9. The number of hydrogen-bond acceptors (Lipinski definition) is 4. The molecule has 0 aliphatic carbocycles. The van der Waals surface area contributed by atoms with E-state index in [1.165, 1.54) is 12.0 Å². The summed E-state index contributed by atoms with van der Waals surface area (Å²) >= 11 is 1.80. The summed E-state index contributed by atoms with van der Waals surface area (Å²) in [5, 5.41) is 10.6. The first-order valence-corrected chi connectivity index (χ1v) is 16.2. The molecule has 0 spiro atoms. The standard InChI is InChI=1S/C33H63N3OS/c1-22(2)15-16-29(20-25(7)19-26(8)23(3)4)35-28(10)30(17-18-38-14)36-32(37)31(24(5)6)34-27(9)21-33(11,12)13/h22,24-26,29-31,34-35H,3,9-10,15-21H2,1-2,4-8,11-14H3,(H,36,37)/t25?,26?,29-,30?,31-/m0/s1. The van der Waals surface area contributed by atoms with E-state index in [4.69, 9.17) is 0 Å². The van der Waals surface area contributed by atoms with E-state index < -0.39 is 0 Å². The molecule has 38 heavy (non-hydrogen) atoms.